The molecule has 0 bridgehead atoms. The van der Waals surface area contributed by atoms with E-state index in [4.69, 9.17) is 4.74 Å². The lowest BCUT2D eigenvalue weighted by molar-refractivity contribution is -0.153. The van der Waals surface area contributed by atoms with Crippen LogP contribution in [0.1, 0.15) is 31.9 Å². The van der Waals surface area contributed by atoms with Crippen molar-refractivity contribution < 1.29 is 17.9 Å². The first-order valence-corrected chi connectivity index (χ1v) is 5.60. The van der Waals surface area contributed by atoms with Gasteiger partial charge in [0.2, 0.25) is 0 Å². The van der Waals surface area contributed by atoms with Crippen LogP contribution in [-0.4, -0.2) is 12.8 Å². The van der Waals surface area contributed by atoms with Crippen LogP contribution in [0.25, 0.3) is 6.08 Å². The topological polar surface area (TPSA) is 9.23 Å². The van der Waals surface area contributed by atoms with Gasteiger partial charge in [0.15, 0.2) is 6.61 Å². The third-order valence-corrected chi connectivity index (χ3v) is 2.45. The average Bonchev–Trinajstić information content (AvgIpc) is 2.23. The van der Waals surface area contributed by atoms with Crippen LogP contribution in [0.3, 0.4) is 0 Å². The third-order valence-electron chi connectivity index (χ3n) is 2.45. The number of ether oxygens (including phenoxy) is 1. The van der Waals surface area contributed by atoms with Gasteiger partial charge < -0.3 is 4.74 Å². The molecule has 1 rings (SSSR count). The van der Waals surface area contributed by atoms with Crippen molar-refractivity contribution in [2.75, 3.05) is 6.61 Å². The molecule has 0 saturated carbocycles. The van der Waals surface area contributed by atoms with E-state index in [0.717, 1.165) is 5.56 Å². The molecule has 0 saturated heterocycles. The number of hydrogen-bond donors (Lipinski definition) is 0. The van der Waals surface area contributed by atoms with Crippen LogP contribution >= 0.6 is 0 Å². The summed E-state index contributed by atoms with van der Waals surface area (Å²) in [6, 6.07) is 5.25. The van der Waals surface area contributed by atoms with Crippen LogP contribution in [0.15, 0.2) is 24.8 Å². The highest BCUT2D eigenvalue weighted by atomic mass is 19.4. The molecule has 1 aromatic carbocycles. The summed E-state index contributed by atoms with van der Waals surface area (Å²) in [4.78, 5) is 0. The molecule has 1 nitrogen and oxygen atoms in total. The zero-order valence-electron chi connectivity index (χ0n) is 10.8. The Morgan fingerprint density at radius 1 is 1.22 bits per heavy atom. The molecule has 0 unspecified atom stereocenters. The Labute approximate surface area is 105 Å². The van der Waals surface area contributed by atoms with E-state index in [0.29, 0.717) is 5.56 Å². The molecule has 0 amide bonds. The molecule has 4 heteroatoms. The summed E-state index contributed by atoms with van der Waals surface area (Å²) in [5.41, 5.74) is 1.02. The quantitative estimate of drug-likeness (QED) is 0.771. The molecule has 0 heterocycles. The molecular formula is C14H17F3O. The highest BCUT2D eigenvalue weighted by Gasteiger charge is 2.30. The lowest BCUT2D eigenvalue weighted by atomic mass is 9.85. The zero-order valence-corrected chi connectivity index (χ0v) is 10.8. The van der Waals surface area contributed by atoms with E-state index in [9.17, 15) is 13.2 Å². The lowest BCUT2D eigenvalue weighted by Gasteiger charge is -2.24. The van der Waals surface area contributed by atoms with E-state index in [2.05, 4.69) is 6.58 Å². The highest BCUT2D eigenvalue weighted by molar-refractivity contribution is 5.59. The number of halogens is 3. The summed E-state index contributed by atoms with van der Waals surface area (Å²) in [7, 11) is 0. The van der Waals surface area contributed by atoms with Crippen molar-refractivity contribution >= 4 is 6.08 Å². The van der Waals surface area contributed by atoms with E-state index in [1.165, 1.54) is 6.08 Å². The van der Waals surface area contributed by atoms with Crippen LogP contribution in [0.2, 0.25) is 0 Å². The average molecular weight is 258 g/mol. The van der Waals surface area contributed by atoms with E-state index in [1.807, 2.05) is 20.8 Å². The van der Waals surface area contributed by atoms with E-state index < -0.39 is 12.8 Å². The summed E-state index contributed by atoms with van der Waals surface area (Å²) in [5, 5.41) is 0. The summed E-state index contributed by atoms with van der Waals surface area (Å²) in [6.45, 7) is 8.09. The maximum absolute atomic E-state index is 12.3. The smallest absolute Gasteiger partial charge is 0.422 e. The standard InChI is InChI=1S/C14H17F3O/c1-5-10-7-6-8-11(13(2,3)4)12(10)18-9-14(15,16)17/h5-8H,1,9H2,2-4H3. The first kappa shape index (κ1) is 14.6. The van der Waals surface area contributed by atoms with Gasteiger partial charge in [0.05, 0.1) is 0 Å². The van der Waals surface area contributed by atoms with Gasteiger partial charge in [-0.25, -0.2) is 0 Å². The molecule has 0 aliphatic heterocycles. The Bertz CT molecular complexity index is 428. The third kappa shape index (κ3) is 3.79. The fraction of sp³-hybridized carbons (Fsp3) is 0.429. The monoisotopic (exact) mass is 258 g/mol. The van der Waals surface area contributed by atoms with Crippen molar-refractivity contribution in [3.8, 4) is 5.75 Å². The van der Waals surface area contributed by atoms with Gasteiger partial charge in [-0.3, -0.25) is 0 Å². The van der Waals surface area contributed by atoms with Gasteiger partial charge in [-0.15, -0.1) is 0 Å². The number of para-hydroxylation sites is 1. The molecule has 0 aromatic heterocycles. The first-order valence-electron chi connectivity index (χ1n) is 5.60. The molecule has 1 aromatic rings. The second kappa shape index (κ2) is 5.04. The maximum Gasteiger partial charge on any atom is 0.422 e. The summed E-state index contributed by atoms with van der Waals surface area (Å²) >= 11 is 0. The number of hydrogen-bond acceptors (Lipinski definition) is 1. The van der Waals surface area contributed by atoms with Crippen molar-refractivity contribution in [2.24, 2.45) is 0 Å². The SMILES string of the molecule is C=Cc1cccc(C(C)(C)C)c1OCC(F)(F)F. The minimum Gasteiger partial charge on any atom is -0.483 e. The molecule has 0 radical (unpaired) electrons. The normalized spacial score (nSPS) is 12.3. The molecule has 0 spiro atoms. The number of benzene rings is 1. The molecule has 18 heavy (non-hydrogen) atoms. The van der Waals surface area contributed by atoms with E-state index in [-0.39, 0.29) is 11.2 Å². The van der Waals surface area contributed by atoms with Crippen LogP contribution in [-0.2, 0) is 5.41 Å². The van der Waals surface area contributed by atoms with Crippen LogP contribution in [0.4, 0.5) is 13.2 Å². The molecular weight excluding hydrogens is 241 g/mol. The van der Waals surface area contributed by atoms with E-state index >= 15 is 0 Å². The van der Waals surface area contributed by atoms with Crippen molar-refractivity contribution in [1.82, 2.24) is 0 Å². The van der Waals surface area contributed by atoms with Gasteiger partial charge in [0.1, 0.15) is 5.75 Å². The van der Waals surface area contributed by atoms with Crippen LogP contribution in [0.5, 0.6) is 5.75 Å². The summed E-state index contributed by atoms with van der Waals surface area (Å²) in [6.07, 6.45) is -2.84. The fourth-order valence-electron chi connectivity index (χ4n) is 1.62. The second-order valence-electron chi connectivity index (χ2n) is 5.08. The van der Waals surface area contributed by atoms with Gasteiger partial charge in [-0.1, -0.05) is 51.6 Å². The Morgan fingerprint density at radius 3 is 2.28 bits per heavy atom. The maximum atomic E-state index is 12.3. The number of rotatable bonds is 3. The van der Waals surface area contributed by atoms with Gasteiger partial charge in [0, 0.05) is 11.1 Å². The molecule has 0 aliphatic carbocycles. The Balaban J connectivity index is 3.17. The van der Waals surface area contributed by atoms with Gasteiger partial charge >= 0.3 is 6.18 Å². The van der Waals surface area contributed by atoms with Crippen molar-refractivity contribution in [3.05, 3.63) is 35.9 Å². The second-order valence-corrected chi connectivity index (χ2v) is 5.08. The summed E-state index contributed by atoms with van der Waals surface area (Å²) < 4.78 is 41.7. The molecule has 100 valence electrons. The molecule has 0 N–H and O–H groups in total. The Morgan fingerprint density at radius 2 is 1.83 bits per heavy atom. The minimum atomic E-state index is -4.34. The molecule has 0 aliphatic rings. The largest absolute Gasteiger partial charge is 0.483 e. The Kier molecular flexibility index (Phi) is 4.09. The first-order chi connectivity index (χ1) is 8.15. The Hall–Kier alpha value is -1.45. The van der Waals surface area contributed by atoms with Crippen molar-refractivity contribution in [3.63, 3.8) is 0 Å². The molecule has 0 fully saturated rings. The van der Waals surface area contributed by atoms with Gasteiger partial charge in [-0.2, -0.15) is 13.2 Å². The predicted molar refractivity (Wildman–Crippen MR) is 66.8 cm³/mol. The van der Waals surface area contributed by atoms with Gasteiger partial charge in [-0.05, 0) is 5.41 Å². The fourth-order valence-corrected chi connectivity index (χ4v) is 1.62. The van der Waals surface area contributed by atoms with Crippen molar-refractivity contribution in [2.45, 2.75) is 32.4 Å². The van der Waals surface area contributed by atoms with Gasteiger partial charge in [0.25, 0.3) is 0 Å². The van der Waals surface area contributed by atoms with Crippen LogP contribution in [0, 0.1) is 0 Å². The zero-order chi connectivity index (χ0) is 14.0. The number of alkyl halides is 3. The predicted octanol–water partition coefficient (Wildman–Crippen LogP) is 4.57. The summed E-state index contributed by atoms with van der Waals surface area (Å²) in [5.74, 6) is 0.261. The van der Waals surface area contributed by atoms with E-state index in [1.54, 1.807) is 18.2 Å². The van der Waals surface area contributed by atoms with Crippen molar-refractivity contribution in [1.29, 1.82) is 0 Å². The lowest BCUT2D eigenvalue weighted by Crippen LogP contribution is -2.22. The molecule has 0 atom stereocenters. The minimum absolute atomic E-state index is 0.261. The van der Waals surface area contributed by atoms with Crippen LogP contribution < -0.4 is 4.74 Å². The highest BCUT2D eigenvalue weighted by Crippen LogP contribution is 2.35.